The first kappa shape index (κ1) is 31.4. The van der Waals surface area contributed by atoms with Gasteiger partial charge in [-0.25, -0.2) is 8.78 Å². The summed E-state index contributed by atoms with van der Waals surface area (Å²) < 4.78 is 65.6. The lowest BCUT2D eigenvalue weighted by Crippen LogP contribution is -2.44. The molecule has 1 atom stereocenters. The lowest BCUT2D eigenvalue weighted by Gasteiger charge is -2.34. The van der Waals surface area contributed by atoms with E-state index in [1.54, 1.807) is 13.0 Å². The highest BCUT2D eigenvalue weighted by Crippen LogP contribution is 2.32. The number of aliphatic carboxylic acids is 1. The summed E-state index contributed by atoms with van der Waals surface area (Å²) in [5.41, 5.74) is 5.21. The molecule has 1 aliphatic heterocycles. The van der Waals surface area contributed by atoms with Gasteiger partial charge in [0.15, 0.2) is 0 Å². The van der Waals surface area contributed by atoms with Gasteiger partial charge in [-0.05, 0) is 44.4 Å². The molecule has 1 heterocycles. The van der Waals surface area contributed by atoms with Crippen LogP contribution in [-0.2, 0) is 20.6 Å². The lowest BCUT2D eigenvalue weighted by molar-refractivity contribution is -0.138. The number of carbonyl (C=O) groups is 3. The molecular weight excluding hydrogens is 525 g/mol. The van der Waals surface area contributed by atoms with Crippen molar-refractivity contribution in [2.45, 2.75) is 51.6 Å². The maximum absolute atomic E-state index is 13.5. The molecule has 0 aliphatic carbocycles. The van der Waals surface area contributed by atoms with Crippen molar-refractivity contribution in [2.75, 3.05) is 13.1 Å². The van der Waals surface area contributed by atoms with Crippen molar-refractivity contribution in [3.63, 3.8) is 0 Å². The van der Waals surface area contributed by atoms with E-state index in [1.165, 1.54) is 35.4 Å². The Bertz CT molecular complexity index is 1180. The number of hydrogen-bond acceptors (Lipinski definition) is 4. The third-order valence-corrected chi connectivity index (χ3v) is 5.92. The average molecular weight is 556 g/mol. The Kier molecular flexibility index (Phi) is 10.7. The molecule has 2 amide bonds. The summed E-state index contributed by atoms with van der Waals surface area (Å²) in [6, 6.07) is 4.13. The lowest BCUT2D eigenvalue weighted by atomic mass is 9.89. The van der Waals surface area contributed by atoms with Gasteiger partial charge >= 0.3 is 12.1 Å². The summed E-state index contributed by atoms with van der Waals surface area (Å²) in [5, 5.41) is 8.99. The second-order valence-electron chi connectivity index (χ2n) is 9.21. The van der Waals surface area contributed by atoms with E-state index in [0.29, 0.717) is 5.56 Å². The number of rotatable bonds is 11. The van der Waals surface area contributed by atoms with Gasteiger partial charge in [0.1, 0.15) is 0 Å². The number of amides is 2. The summed E-state index contributed by atoms with van der Waals surface area (Å²) in [5.74, 6) is -6.27. The Balaban J connectivity index is 2.46. The molecule has 0 spiro atoms. The molecule has 1 unspecified atom stereocenters. The Morgan fingerprint density at radius 2 is 1.79 bits per heavy atom. The standard InChI is InChI=1S/C27H30F5N3O4/c1-3-5-18(9-12-22(36)37)25(39)35-15-19(6-4-13-26(2,28)29)23(21(16-35)24(33)38)34-14-17-7-10-20(11-8-17)27(30,31)32/h3,5,7-11,14,19H,4,6,12-13,15-16H2,1-2H3,(H2,33,38)(H,36,37)/b5-3-,18-9+,34-14?. The Morgan fingerprint density at radius 3 is 2.31 bits per heavy atom. The molecule has 39 heavy (non-hydrogen) atoms. The van der Waals surface area contributed by atoms with Crippen LogP contribution in [0.1, 0.15) is 50.7 Å². The Morgan fingerprint density at radius 1 is 1.15 bits per heavy atom. The Hall–Kier alpha value is -3.83. The molecule has 1 aromatic rings. The number of allylic oxidation sites excluding steroid dienone is 1. The third-order valence-electron chi connectivity index (χ3n) is 5.92. The number of primary amides is 1. The van der Waals surface area contributed by atoms with Crippen molar-refractivity contribution in [1.82, 2.24) is 4.90 Å². The van der Waals surface area contributed by atoms with Crippen molar-refractivity contribution in [3.05, 3.63) is 70.5 Å². The van der Waals surface area contributed by atoms with Crippen LogP contribution in [0.25, 0.3) is 0 Å². The number of carboxylic acid groups (broad SMARTS) is 1. The van der Waals surface area contributed by atoms with Gasteiger partial charge in [0.05, 0.1) is 29.8 Å². The fourth-order valence-electron chi connectivity index (χ4n) is 4.05. The van der Waals surface area contributed by atoms with Crippen molar-refractivity contribution in [3.8, 4) is 0 Å². The van der Waals surface area contributed by atoms with Crippen molar-refractivity contribution < 1.29 is 41.4 Å². The van der Waals surface area contributed by atoms with Crippen LogP contribution in [-0.4, -0.2) is 53.0 Å². The molecule has 7 nitrogen and oxygen atoms in total. The highest BCUT2D eigenvalue weighted by atomic mass is 19.4. The van der Waals surface area contributed by atoms with Gasteiger partial charge < -0.3 is 15.7 Å². The van der Waals surface area contributed by atoms with E-state index in [-0.39, 0.29) is 42.8 Å². The van der Waals surface area contributed by atoms with Crippen LogP contribution >= 0.6 is 0 Å². The number of halogens is 5. The molecule has 1 aliphatic rings. The highest BCUT2D eigenvalue weighted by molar-refractivity contribution is 5.99. The summed E-state index contributed by atoms with van der Waals surface area (Å²) in [4.78, 5) is 42.2. The number of benzene rings is 1. The Labute approximate surface area is 222 Å². The number of carbonyl (C=O) groups excluding carboxylic acids is 2. The first-order valence-electron chi connectivity index (χ1n) is 12.1. The summed E-state index contributed by atoms with van der Waals surface area (Å²) >= 11 is 0. The predicted octanol–water partition coefficient (Wildman–Crippen LogP) is 5.12. The van der Waals surface area contributed by atoms with Gasteiger partial charge in [-0.1, -0.05) is 30.4 Å². The second-order valence-corrected chi connectivity index (χ2v) is 9.21. The molecule has 212 valence electrons. The van der Waals surface area contributed by atoms with Crippen molar-refractivity contribution in [1.29, 1.82) is 0 Å². The SMILES string of the molecule is C/C=C\C(=C/CC(=O)O)C(=O)N1CC(C(N)=O)=C(N=Cc2ccc(C(F)(F)F)cc2)C(CCCC(C)(F)F)C1. The maximum Gasteiger partial charge on any atom is 0.416 e. The minimum Gasteiger partial charge on any atom is -0.481 e. The minimum atomic E-state index is -4.52. The molecule has 0 bridgehead atoms. The maximum atomic E-state index is 13.5. The average Bonchev–Trinajstić information content (AvgIpc) is 2.83. The molecular formula is C27H30F5N3O4. The molecule has 3 N–H and O–H groups in total. The van der Waals surface area contributed by atoms with Crippen LogP contribution in [0.3, 0.4) is 0 Å². The summed E-state index contributed by atoms with van der Waals surface area (Å²) in [6.07, 6.45) is 0.174. The molecule has 0 saturated carbocycles. The van der Waals surface area contributed by atoms with Gasteiger partial charge in [0.2, 0.25) is 11.8 Å². The topological polar surface area (TPSA) is 113 Å². The van der Waals surface area contributed by atoms with E-state index in [9.17, 15) is 36.3 Å². The third kappa shape index (κ3) is 9.77. The molecule has 12 heteroatoms. The largest absolute Gasteiger partial charge is 0.481 e. The van der Waals surface area contributed by atoms with E-state index in [2.05, 4.69) is 4.99 Å². The molecule has 0 saturated heterocycles. The number of nitrogens with zero attached hydrogens (tertiary/aromatic N) is 2. The quantitative estimate of drug-likeness (QED) is 0.171. The van der Waals surface area contributed by atoms with Crippen molar-refractivity contribution in [2.24, 2.45) is 16.6 Å². The van der Waals surface area contributed by atoms with Gasteiger partial charge in [-0.3, -0.25) is 19.4 Å². The number of hydrogen-bond donors (Lipinski definition) is 2. The summed E-state index contributed by atoms with van der Waals surface area (Å²) in [6.45, 7) is 2.12. The molecule has 0 fully saturated rings. The van der Waals surface area contributed by atoms with E-state index in [0.717, 1.165) is 19.1 Å². The van der Waals surface area contributed by atoms with Crippen LogP contribution in [0.2, 0.25) is 0 Å². The second kappa shape index (κ2) is 13.3. The van der Waals surface area contributed by atoms with E-state index in [1.807, 2.05) is 0 Å². The van der Waals surface area contributed by atoms with E-state index >= 15 is 0 Å². The fourth-order valence-corrected chi connectivity index (χ4v) is 4.05. The zero-order valence-electron chi connectivity index (χ0n) is 21.5. The monoisotopic (exact) mass is 555 g/mol. The zero-order chi connectivity index (χ0) is 29.4. The molecule has 2 rings (SSSR count). The normalized spacial score (nSPS) is 17.4. The number of carboxylic acids is 1. The number of nitrogens with two attached hydrogens (primary N) is 1. The smallest absolute Gasteiger partial charge is 0.416 e. The predicted molar refractivity (Wildman–Crippen MR) is 135 cm³/mol. The van der Waals surface area contributed by atoms with Crippen LogP contribution in [0.5, 0.6) is 0 Å². The van der Waals surface area contributed by atoms with Gasteiger partial charge in [0, 0.05) is 30.7 Å². The summed E-state index contributed by atoms with van der Waals surface area (Å²) in [7, 11) is 0. The molecule has 0 aromatic heterocycles. The molecule has 1 aromatic carbocycles. The fraction of sp³-hybridized carbons (Fsp3) is 0.407. The van der Waals surface area contributed by atoms with Gasteiger partial charge in [-0.15, -0.1) is 0 Å². The first-order chi connectivity index (χ1) is 18.1. The zero-order valence-corrected chi connectivity index (χ0v) is 21.5. The van der Waals surface area contributed by atoms with E-state index in [4.69, 9.17) is 10.8 Å². The highest BCUT2D eigenvalue weighted by Gasteiger charge is 2.34. The van der Waals surface area contributed by atoms with Gasteiger partial charge in [0.25, 0.3) is 5.91 Å². The van der Waals surface area contributed by atoms with E-state index < -0.39 is 54.2 Å². The van der Waals surface area contributed by atoms with Crippen LogP contribution in [0, 0.1) is 5.92 Å². The number of alkyl halides is 5. The van der Waals surface area contributed by atoms with Crippen LogP contribution < -0.4 is 5.73 Å². The van der Waals surface area contributed by atoms with Gasteiger partial charge in [-0.2, -0.15) is 13.2 Å². The van der Waals surface area contributed by atoms with Crippen LogP contribution in [0.15, 0.2) is 64.3 Å². The number of aliphatic imine (C=N–C) groups is 1. The molecule has 0 radical (unpaired) electrons. The first-order valence-corrected chi connectivity index (χ1v) is 12.1. The van der Waals surface area contributed by atoms with Crippen molar-refractivity contribution >= 4 is 24.0 Å². The minimum absolute atomic E-state index is 0.0213. The van der Waals surface area contributed by atoms with Crippen LogP contribution in [0.4, 0.5) is 22.0 Å².